The predicted octanol–water partition coefficient (Wildman–Crippen LogP) is 1.26. The molecule has 4 nitrogen and oxygen atoms in total. The van der Waals surface area contributed by atoms with Gasteiger partial charge >= 0.3 is 0 Å². The molecule has 0 aliphatic carbocycles. The normalized spacial score (nSPS) is 24.2. The van der Waals surface area contributed by atoms with Crippen LogP contribution in [0.2, 0.25) is 0 Å². The van der Waals surface area contributed by atoms with Crippen LogP contribution in [0.3, 0.4) is 0 Å². The van der Waals surface area contributed by atoms with Gasteiger partial charge in [-0.1, -0.05) is 6.07 Å². The Morgan fingerprint density at radius 3 is 2.63 bits per heavy atom. The summed E-state index contributed by atoms with van der Waals surface area (Å²) >= 11 is 0. The van der Waals surface area contributed by atoms with Crippen LogP contribution < -0.4 is 11.1 Å². The van der Waals surface area contributed by atoms with Crippen molar-refractivity contribution >= 4 is 5.91 Å². The van der Waals surface area contributed by atoms with E-state index in [0.29, 0.717) is 13.0 Å². The van der Waals surface area contributed by atoms with E-state index in [1.165, 1.54) is 13.0 Å². The zero-order valence-corrected chi connectivity index (χ0v) is 10.6. The van der Waals surface area contributed by atoms with Gasteiger partial charge in [-0.25, -0.2) is 8.78 Å². The minimum atomic E-state index is -1.12. The number of carbonyl (C=O) groups is 1. The minimum absolute atomic E-state index is 0.116. The van der Waals surface area contributed by atoms with Crippen molar-refractivity contribution in [1.29, 1.82) is 0 Å². The Balaban J connectivity index is 2.13. The SMILES string of the molecule is CC(NC(=O)C1(N)CCOC1)c1c(F)cccc1F. The number of ether oxygens (including phenoxy) is 1. The molecule has 0 bridgehead atoms. The molecular formula is C13H16F2N2O2. The van der Waals surface area contributed by atoms with Crippen molar-refractivity contribution in [3.8, 4) is 0 Å². The number of hydrogen-bond acceptors (Lipinski definition) is 3. The van der Waals surface area contributed by atoms with Crippen LogP contribution in [0.25, 0.3) is 0 Å². The van der Waals surface area contributed by atoms with Gasteiger partial charge in [0.2, 0.25) is 5.91 Å². The van der Waals surface area contributed by atoms with Crippen molar-refractivity contribution in [3.63, 3.8) is 0 Å². The molecule has 2 rings (SSSR count). The highest BCUT2D eigenvalue weighted by atomic mass is 19.1. The van der Waals surface area contributed by atoms with Crippen LogP contribution >= 0.6 is 0 Å². The maximum Gasteiger partial charge on any atom is 0.243 e. The molecule has 104 valence electrons. The number of hydrogen-bond donors (Lipinski definition) is 2. The highest BCUT2D eigenvalue weighted by Gasteiger charge is 2.39. The fourth-order valence-corrected chi connectivity index (χ4v) is 2.10. The Hall–Kier alpha value is -1.53. The molecule has 1 aromatic carbocycles. The molecule has 3 N–H and O–H groups in total. The molecule has 1 aromatic rings. The summed E-state index contributed by atoms with van der Waals surface area (Å²) in [6.07, 6.45) is 0.394. The number of nitrogens with one attached hydrogen (secondary N) is 1. The fourth-order valence-electron chi connectivity index (χ4n) is 2.10. The summed E-state index contributed by atoms with van der Waals surface area (Å²) in [7, 11) is 0. The van der Waals surface area contributed by atoms with Gasteiger partial charge in [0.25, 0.3) is 0 Å². The summed E-state index contributed by atoms with van der Waals surface area (Å²) in [6, 6.07) is 2.78. The number of carbonyl (C=O) groups excluding carboxylic acids is 1. The monoisotopic (exact) mass is 270 g/mol. The highest BCUT2D eigenvalue weighted by Crippen LogP contribution is 2.22. The second-order valence-corrected chi connectivity index (χ2v) is 4.79. The van der Waals surface area contributed by atoms with E-state index in [4.69, 9.17) is 10.5 Å². The smallest absolute Gasteiger partial charge is 0.243 e. The third-order valence-electron chi connectivity index (χ3n) is 3.28. The Morgan fingerprint density at radius 1 is 1.47 bits per heavy atom. The Morgan fingerprint density at radius 2 is 2.11 bits per heavy atom. The summed E-state index contributed by atoms with van der Waals surface area (Å²) in [5.41, 5.74) is 4.60. The molecule has 2 unspecified atom stereocenters. The lowest BCUT2D eigenvalue weighted by molar-refractivity contribution is -0.127. The van der Waals surface area contributed by atoms with Gasteiger partial charge in [0.1, 0.15) is 17.2 Å². The van der Waals surface area contributed by atoms with Gasteiger partial charge in [0.05, 0.1) is 12.6 Å². The van der Waals surface area contributed by atoms with Gasteiger partial charge in [0, 0.05) is 12.2 Å². The second kappa shape index (κ2) is 5.22. The number of nitrogens with two attached hydrogens (primary N) is 1. The van der Waals surface area contributed by atoms with Gasteiger partial charge < -0.3 is 15.8 Å². The largest absolute Gasteiger partial charge is 0.379 e. The Labute approximate surface area is 109 Å². The quantitative estimate of drug-likeness (QED) is 0.869. The average Bonchev–Trinajstić information content (AvgIpc) is 2.77. The molecule has 1 heterocycles. The second-order valence-electron chi connectivity index (χ2n) is 4.79. The molecule has 0 radical (unpaired) electrons. The third kappa shape index (κ3) is 2.74. The van der Waals surface area contributed by atoms with Crippen LogP contribution in [0.1, 0.15) is 24.9 Å². The average molecular weight is 270 g/mol. The van der Waals surface area contributed by atoms with Crippen molar-refractivity contribution in [1.82, 2.24) is 5.32 Å². The lowest BCUT2D eigenvalue weighted by Crippen LogP contribution is -2.55. The zero-order chi connectivity index (χ0) is 14.0. The van der Waals surface area contributed by atoms with Crippen LogP contribution in [0, 0.1) is 11.6 Å². The van der Waals surface area contributed by atoms with Gasteiger partial charge in [-0.15, -0.1) is 0 Å². The lowest BCUT2D eigenvalue weighted by Gasteiger charge is -2.24. The number of benzene rings is 1. The van der Waals surface area contributed by atoms with Crippen LogP contribution in [-0.4, -0.2) is 24.7 Å². The zero-order valence-electron chi connectivity index (χ0n) is 10.6. The minimum Gasteiger partial charge on any atom is -0.379 e. The molecule has 0 aromatic heterocycles. The molecule has 0 saturated carbocycles. The van der Waals surface area contributed by atoms with E-state index in [1.807, 2.05) is 0 Å². The van der Waals surface area contributed by atoms with Gasteiger partial charge in [-0.3, -0.25) is 4.79 Å². The molecule has 6 heteroatoms. The summed E-state index contributed by atoms with van der Waals surface area (Å²) < 4.78 is 32.2. The molecule has 1 saturated heterocycles. The summed E-state index contributed by atoms with van der Waals surface area (Å²) in [6.45, 7) is 2.04. The summed E-state index contributed by atoms with van der Waals surface area (Å²) in [5, 5.41) is 2.54. The molecule has 19 heavy (non-hydrogen) atoms. The van der Waals surface area contributed by atoms with E-state index in [-0.39, 0.29) is 12.2 Å². The van der Waals surface area contributed by atoms with Crippen LogP contribution in [0.5, 0.6) is 0 Å². The molecule has 1 aliphatic heterocycles. The van der Waals surface area contributed by atoms with E-state index in [1.54, 1.807) is 0 Å². The van der Waals surface area contributed by atoms with Crippen LogP contribution in [0.4, 0.5) is 8.78 Å². The number of amides is 1. The topological polar surface area (TPSA) is 64.4 Å². The molecule has 1 fully saturated rings. The maximum absolute atomic E-state index is 13.6. The summed E-state index contributed by atoms with van der Waals surface area (Å²) in [5.74, 6) is -1.84. The van der Waals surface area contributed by atoms with Crippen molar-refractivity contribution in [2.24, 2.45) is 5.73 Å². The molecule has 2 atom stereocenters. The Kier molecular flexibility index (Phi) is 3.82. The van der Waals surface area contributed by atoms with E-state index < -0.39 is 29.1 Å². The van der Waals surface area contributed by atoms with Gasteiger partial charge in [-0.05, 0) is 25.5 Å². The van der Waals surface area contributed by atoms with E-state index in [0.717, 1.165) is 12.1 Å². The van der Waals surface area contributed by atoms with Crippen molar-refractivity contribution < 1.29 is 18.3 Å². The summed E-state index contributed by atoms with van der Waals surface area (Å²) in [4.78, 5) is 12.0. The third-order valence-corrected chi connectivity index (χ3v) is 3.28. The van der Waals surface area contributed by atoms with Gasteiger partial charge in [-0.2, -0.15) is 0 Å². The molecule has 0 spiro atoms. The highest BCUT2D eigenvalue weighted by molar-refractivity contribution is 5.86. The predicted molar refractivity (Wildman–Crippen MR) is 65.3 cm³/mol. The van der Waals surface area contributed by atoms with Crippen LogP contribution in [0.15, 0.2) is 18.2 Å². The number of halogens is 2. The fraction of sp³-hybridized carbons (Fsp3) is 0.462. The van der Waals surface area contributed by atoms with Crippen LogP contribution in [-0.2, 0) is 9.53 Å². The Bertz CT molecular complexity index is 467. The van der Waals surface area contributed by atoms with E-state index in [2.05, 4.69) is 5.32 Å². The van der Waals surface area contributed by atoms with Gasteiger partial charge in [0.15, 0.2) is 0 Å². The first-order chi connectivity index (χ1) is 8.94. The van der Waals surface area contributed by atoms with Crippen molar-refractivity contribution in [2.45, 2.75) is 24.9 Å². The first-order valence-corrected chi connectivity index (χ1v) is 6.05. The van der Waals surface area contributed by atoms with E-state index >= 15 is 0 Å². The first-order valence-electron chi connectivity index (χ1n) is 6.05. The lowest BCUT2D eigenvalue weighted by atomic mass is 9.98. The molecular weight excluding hydrogens is 254 g/mol. The number of rotatable bonds is 3. The molecule has 1 aliphatic rings. The standard InChI is InChI=1S/C13H16F2N2O2/c1-8(11-9(14)3-2-4-10(11)15)17-12(18)13(16)5-6-19-7-13/h2-4,8H,5-7,16H2,1H3,(H,17,18). The van der Waals surface area contributed by atoms with Crippen molar-refractivity contribution in [3.05, 3.63) is 35.4 Å². The first kappa shape index (κ1) is 13.9. The maximum atomic E-state index is 13.6. The van der Waals surface area contributed by atoms with E-state index in [9.17, 15) is 13.6 Å². The molecule has 1 amide bonds. The van der Waals surface area contributed by atoms with Crippen molar-refractivity contribution in [2.75, 3.05) is 13.2 Å².